The fourth-order valence-corrected chi connectivity index (χ4v) is 3.29. The lowest BCUT2D eigenvalue weighted by Crippen LogP contribution is -2.65. The van der Waals surface area contributed by atoms with Gasteiger partial charge in [0.05, 0.1) is 6.61 Å². The Morgan fingerprint density at radius 2 is 2.00 bits per heavy atom. The van der Waals surface area contributed by atoms with Crippen molar-refractivity contribution in [2.45, 2.75) is 38.1 Å². The second kappa shape index (κ2) is 6.10. The zero-order valence-electron chi connectivity index (χ0n) is 13.2. The molecule has 6 heteroatoms. The lowest BCUT2D eigenvalue weighted by Gasteiger charge is -2.58. The predicted octanol–water partition coefficient (Wildman–Crippen LogP) is 2.32. The van der Waals surface area contributed by atoms with E-state index in [2.05, 4.69) is 0 Å². The number of carbonyl (C=O) groups is 2. The average molecular weight is 319 g/mol. The normalized spacial score (nSPS) is 18.0. The van der Waals surface area contributed by atoms with E-state index in [1.54, 1.807) is 18.2 Å². The first-order valence-electron chi connectivity index (χ1n) is 7.99. The lowest BCUT2D eigenvalue weighted by atomic mass is 9.67. The summed E-state index contributed by atoms with van der Waals surface area (Å²) < 4.78 is 10.7. The number of rotatable bonds is 6. The smallest absolute Gasteiger partial charge is 0.341 e. The van der Waals surface area contributed by atoms with E-state index >= 15 is 0 Å². The molecule has 0 bridgehead atoms. The van der Waals surface area contributed by atoms with Gasteiger partial charge >= 0.3 is 5.97 Å². The highest BCUT2D eigenvalue weighted by Gasteiger charge is 2.51. The van der Waals surface area contributed by atoms with Crippen LogP contribution in [-0.4, -0.2) is 47.2 Å². The third-order valence-electron chi connectivity index (χ3n) is 4.74. The van der Waals surface area contributed by atoms with Crippen molar-refractivity contribution < 1.29 is 24.2 Å². The monoisotopic (exact) mass is 319 g/mol. The summed E-state index contributed by atoms with van der Waals surface area (Å²) in [6.07, 6.45) is 4.47. The van der Waals surface area contributed by atoms with Crippen LogP contribution in [0.15, 0.2) is 18.2 Å². The summed E-state index contributed by atoms with van der Waals surface area (Å²) >= 11 is 0. The van der Waals surface area contributed by atoms with Gasteiger partial charge in [-0.25, -0.2) is 4.79 Å². The molecule has 1 N–H and O–H groups in total. The van der Waals surface area contributed by atoms with Gasteiger partial charge in [-0.05, 0) is 50.8 Å². The molecule has 6 nitrogen and oxygen atoms in total. The van der Waals surface area contributed by atoms with Crippen molar-refractivity contribution in [1.82, 2.24) is 4.90 Å². The van der Waals surface area contributed by atoms with E-state index in [1.165, 1.54) is 6.42 Å². The Morgan fingerprint density at radius 1 is 1.22 bits per heavy atom. The maximum absolute atomic E-state index is 12.7. The van der Waals surface area contributed by atoms with Gasteiger partial charge in [-0.2, -0.15) is 0 Å². The molecule has 3 rings (SSSR count). The molecule has 124 valence electrons. The molecule has 1 heterocycles. The van der Waals surface area contributed by atoms with Crippen molar-refractivity contribution >= 4 is 11.9 Å². The van der Waals surface area contributed by atoms with Crippen LogP contribution >= 0.6 is 0 Å². The maximum atomic E-state index is 12.7. The number of likely N-dealkylation sites (tertiary alicyclic amines) is 1. The summed E-state index contributed by atoms with van der Waals surface area (Å²) in [7, 11) is 0. The Bertz CT molecular complexity index is 618. The number of carboxylic acid groups (broad SMARTS) is 1. The molecular weight excluding hydrogens is 298 g/mol. The molecular formula is C17H21NO5. The number of carbonyl (C=O) groups excluding carboxylic acids is 1. The minimum absolute atomic E-state index is 0.0155. The Balaban J connectivity index is 1.78. The summed E-state index contributed by atoms with van der Waals surface area (Å²) in [5.41, 5.74) is 0.656. The molecule has 1 aromatic rings. The largest absolute Gasteiger partial charge is 0.490 e. The molecule has 1 aliphatic carbocycles. The summed E-state index contributed by atoms with van der Waals surface area (Å²) in [5, 5.41) is 8.72. The summed E-state index contributed by atoms with van der Waals surface area (Å²) in [5.74, 6) is -0.294. The van der Waals surface area contributed by atoms with E-state index in [4.69, 9.17) is 14.6 Å². The van der Waals surface area contributed by atoms with Crippen molar-refractivity contribution in [2.24, 2.45) is 0 Å². The molecule has 0 radical (unpaired) electrons. The Hall–Kier alpha value is -2.24. The topological polar surface area (TPSA) is 76.1 Å². The fourth-order valence-electron chi connectivity index (χ4n) is 3.29. The van der Waals surface area contributed by atoms with Crippen LogP contribution in [0.25, 0.3) is 0 Å². The predicted molar refractivity (Wildman–Crippen MR) is 83.0 cm³/mol. The van der Waals surface area contributed by atoms with Crippen molar-refractivity contribution in [3.63, 3.8) is 0 Å². The van der Waals surface area contributed by atoms with E-state index in [0.29, 0.717) is 23.7 Å². The number of carboxylic acids is 1. The fraction of sp³-hybridized carbons (Fsp3) is 0.529. The number of hydrogen-bond acceptors (Lipinski definition) is 4. The van der Waals surface area contributed by atoms with Crippen molar-refractivity contribution in [3.05, 3.63) is 23.8 Å². The summed E-state index contributed by atoms with van der Waals surface area (Å²) in [4.78, 5) is 25.3. The molecule has 1 spiro atoms. The van der Waals surface area contributed by atoms with Crippen molar-refractivity contribution in [3.8, 4) is 11.5 Å². The van der Waals surface area contributed by atoms with Crippen LogP contribution in [0.3, 0.4) is 0 Å². The molecule has 0 unspecified atom stereocenters. The van der Waals surface area contributed by atoms with Crippen LogP contribution in [0.2, 0.25) is 0 Å². The molecule has 1 amide bonds. The van der Waals surface area contributed by atoms with Gasteiger partial charge in [0.1, 0.15) is 0 Å². The first-order chi connectivity index (χ1) is 11.1. The van der Waals surface area contributed by atoms with Crippen LogP contribution in [0.1, 0.15) is 43.0 Å². The highest BCUT2D eigenvalue weighted by atomic mass is 16.5. The molecule has 0 aromatic heterocycles. The van der Waals surface area contributed by atoms with Crippen LogP contribution in [0, 0.1) is 0 Å². The minimum atomic E-state index is -1.06. The maximum Gasteiger partial charge on any atom is 0.341 e. The van der Waals surface area contributed by atoms with Crippen LogP contribution in [0.5, 0.6) is 11.5 Å². The average Bonchev–Trinajstić information content (AvgIpc) is 2.43. The molecule has 23 heavy (non-hydrogen) atoms. The quantitative estimate of drug-likeness (QED) is 0.871. The number of ether oxygens (including phenoxy) is 2. The summed E-state index contributed by atoms with van der Waals surface area (Å²) in [6.45, 7) is 2.60. The minimum Gasteiger partial charge on any atom is -0.490 e. The Labute approximate surface area is 135 Å². The zero-order chi connectivity index (χ0) is 16.4. The van der Waals surface area contributed by atoms with Gasteiger partial charge in [-0.3, -0.25) is 4.79 Å². The SMILES string of the molecule is CCOc1cc(C(=O)N2CCC23CCC3)ccc1OCC(=O)O. The number of aliphatic carboxylic acids is 1. The third-order valence-corrected chi connectivity index (χ3v) is 4.74. The second-order valence-electron chi connectivity index (χ2n) is 6.06. The van der Waals surface area contributed by atoms with Crippen molar-refractivity contribution in [2.75, 3.05) is 19.8 Å². The first kappa shape index (κ1) is 15.6. The molecule has 1 saturated carbocycles. The number of amides is 1. The van der Waals surface area contributed by atoms with E-state index < -0.39 is 12.6 Å². The van der Waals surface area contributed by atoms with E-state index in [-0.39, 0.29) is 11.4 Å². The van der Waals surface area contributed by atoms with E-state index in [1.807, 2.05) is 11.8 Å². The lowest BCUT2D eigenvalue weighted by molar-refractivity contribution is -0.139. The standard InChI is InChI=1S/C17H21NO5/c1-2-22-14-10-12(4-5-13(14)23-11-15(19)20)16(21)18-9-8-17(18)6-3-7-17/h4-5,10H,2-3,6-9,11H2,1H3,(H,19,20). The van der Waals surface area contributed by atoms with Gasteiger partial charge in [0.25, 0.3) is 5.91 Å². The van der Waals surface area contributed by atoms with E-state index in [0.717, 1.165) is 25.8 Å². The third kappa shape index (κ3) is 2.85. The number of benzene rings is 1. The molecule has 1 saturated heterocycles. The van der Waals surface area contributed by atoms with Crippen LogP contribution < -0.4 is 9.47 Å². The second-order valence-corrected chi connectivity index (χ2v) is 6.06. The van der Waals surface area contributed by atoms with Gasteiger partial charge < -0.3 is 19.5 Å². The molecule has 2 fully saturated rings. The van der Waals surface area contributed by atoms with Gasteiger partial charge in [-0.15, -0.1) is 0 Å². The van der Waals surface area contributed by atoms with Crippen molar-refractivity contribution in [1.29, 1.82) is 0 Å². The highest BCUT2D eigenvalue weighted by molar-refractivity contribution is 5.96. The molecule has 2 aliphatic rings. The molecule has 1 aromatic carbocycles. The first-order valence-corrected chi connectivity index (χ1v) is 7.99. The van der Waals surface area contributed by atoms with Gasteiger partial charge in [-0.1, -0.05) is 0 Å². The van der Waals surface area contributed by atoms with Gasteiger partial charge in [0, 0.05) is 17.6 Å². The van der Waals surface area contributed by atoms with E-state index in [9.17, 15) is 9.59 Å². The molecule has 1 aliphatic heterocycles. The Morgan fingerprint density at radius 3 is 2.52 bits per heavy atom. The summed E-state index contributed by atoms with van der Waals surface area (Å²) in [6, 6.07) is 4.93. The molecule has 0 atom stereocenters. The van der Waals surface area contributed by atoms with Crippen LogP contribution in [0.4, 0.5) is 0 Å². The van der Waals surface area contributed by atoms with Crippen LogP contribution in [-0.2, 0) is 4.79 Å². The number of nitrogens with zero attached hydrogens (tertiary/aromatic N) is 1. The zero-order valence-corrected chi connectivity index (χ0v) is 13.2. The van der Waals surface area contributed by atoms with Gasteiger partial charge in [0.15, 0.2) is 18.1 Å². The Kier molecular flexibility index (Phi) is 4.15. The van der Waals surface area contributed by atoms with Gasteiger partial charge in [0.2, 0.25) is 0 Å². The number of hydrogen-bond donors (Lipinski definition) is 1. The highest BCUT2D eigenvalue weighted by Crippen LogP contribution is 2.47.